The number of hydrogen-bond acceptors (Lipinski definition) is 4. The first-order valence-corrected chi connectivity index (χ1v) is 9.99. The molecule has 0 atom stereocenters. The van der Waals surface area contributed by atoms with Gasteiger partial charge in [-0.05, 0) is 43.3 Å². The standard InChI is InChI=1S/C25H25N3O3/c1-19(20-10-9-15-23(18-20)31-2)26-27-24(29)16-17-25(30)28(21-11-5-3-6-12-21)22-13-7-4-8-14-22/h3-15,18H,16-17H2,1-2H3,(H,27,29)/b26-19+. The van der Waals surface area contributed by atoms with Gasteiger partial charge in [-0.3, -0.25) is 14.5 Å². The molecule has 2 amide bonds. The summed E-state index contributed by atoms with van der Waals surface area (Å²) >= 11 is 0. The van der Waals surface area contributed by atoms with Crippen LogP contribution in [0.1, 0.15) is 25.3 Å². The molecule has 0 unspecified atom stereocenters. The van der Waals surface area contributed by atoms with Gasteiger partial charge < -0.3 is 4.74 Å². The molecule has 0 bridgehead atoms. The average Bonchev–Trinajstić information content (AvgIpc) is 2.82. The van der Waals surface area contributed by atoms with E-state index >= 15 is 0 Å². The van der Waals surface area contributed by atoms with Crippen LogP contribution in [0.3, 0.4) is 0 Å². The van der Waals surface area contributed by atoms with Gasteiger partial charge in [-0.1, -0.05) is 48.5 Å². The summed E-state index contributed by atoms with van der Waals surface area (Å²) in [6.07, 6.45) is 0.0905. The SMILES string of the molecule is COc1cccc(/C(C)=N/NC(=O)CCC(=O)N(c2ccccc2)c2ccccc2)c1. The Bertz CT molecular complexity index is 1010. The number of carbonyl (C=O) groups excluding carboxylic acids is 2. The van der Waals surface area contributed by atoms with E-state index in [2.05, 4.69) is 10.5 Å². The number of benzene rings is 3. The van der Waals surface area contributed by atoms with Crippen molar-refractivity contribution in [2.45, 2.75) is 19.8 Å². The smallest absolute Gasteiger partial charge is 0.240 e. The second-order valence-corrected chi connectivity index (χ2v) is 6.86. The van der Waals surface area contributed by atoms with Gasteiger partial charge in [-0.2, -0.15) is 5.10 Å². The highest BCUT2D eigenvalue weighted by molar-refractivity contribution is 6.02. The molecule has 0 spiro atoms. The lowest BCUT2D eigenvalue weighted by Gasteiger charge is -2.23. The van der Waals surface area contributed by atoms with Crippen molar-refractivity contribution in [3.8, 4) is 5.75 Å². The van der Waals surface area contributed by atoms with E-state index in [4.69, 9.17) is 4.74 Å². The zero-order valence-electron chi connectivity index (χ0n) is 17.6. The summed E-state index contributed by atoms with van der Waals surface area (Å²) in [4.78, 5) is 26.9. The molecule has 3 rings (SSSR count). The van der Waals surface area contributed by atoms with Crippen LogP contribution in [0.25, 0.3) is 0 Å². The Hall–Kier alpha value is -3.93. The lowest BCUT2D eigenvalue weighted by atomic mass is 10.1. The molecule has 6 nitrogen and oxygen atoms in total. The summed E-state index contributed by atoms with van der Waals surface area (Å²) in [5.41, 5.74) is 5.53. The maximum absolute atomic E-state index is 13.0. The lowest BCUT2D eigenvalue weighted by molar-refractivity contribution is -0.124. The van der Waals surface area contributed by atoms with Gasteiger partial charge in [0.05, 0.1) is 12.8 Å². The van der Waals surface area contributed by atoms with Gasteiger partial charge in [-0.25, -0.2) is 5.43 Å². The maximum atomic E-state index is 13.0. The number of hydrazone groups is 1. The molecule has 3 aromatic rings. The quantitative estimate of drug-likeness (QED) is 0.429. The van der Waals surface area contributed by atoms with E-state index in [1.54, 1.807) is 18.9 Å². The number of nitrogens with one attached hydrogen (secondary N) is 1. The summed E-state index contributed by atoms with van der Waals surface area (Å²) < 4.78 is 5.21. The van der Waals surface area contributed by atoms with Crippen molar-refractivity contribution < 1.29 is 14.3 Å². The number of hydrogen-bond donors (Lipinski definition) is 1. The Morgan fingerprint density at radius 2 is 1.48 bits per heavy atom. The van der Waals surface area contributed by atoms with Crippen molar-refractivity contribution in [1.82, 2.24) is 5.43 Å². The van der Waals surface area contributed by atoms with Crippen molar-refractivity contribution in [3.05, 3.63) is 90.5 Å². The van der Waals surface area contributed by atoms with Crippen LogP contribution in [0, 0.1) is 0 Å². The second-order valence-electron chi connectivity index (χ2n) is 6.86. The summed E-state index contributed by atoms with van der Waals surface area (Å²) in [5, 5.41) is 4.15. The Balaban J connectivity index is 1.63. The molecule has 0 aliphatic carbocycles. The molecule has 1 N–H and O–H groups in total. The first-order valence-electron chi connectivity index (χ1n) is 9.99. The number of nitrogens with zero attached hydrogens (tertiary/aromatic N) is 2. The molecule has 31 heavy (non-hydrogen) atoms. The number of amides is 2. The van der Waals surface area contributed by atoms with E-state index in [1.807, 2.05) is 84.9 Å². The molecule has 0 heterocycles. The normalized spacial score (nSPS) is 11.0. The van der Waals surface area contributed by atoms with Crippen molar-refractivity contribution in [3.63, 3.8) is 0 Å². The van der Waals surface area contributed by atoms with Crippen LogP contribution in [-0.4, -0.2) is 24.6 Å². The molecule has 0 fully saturated rings. The number of ether oxygens (including phenoxy) is 1. The summed E-state index contributed by atoms with van der Waals surface area (Å²) in [6.45, 7) is 1.80. The van der Waals surface area contributed by atoms with E-state index in [0.717, 1.165) is 16.9 Å². The number of anilines is 2. The predicted molar refractivity (Wildman–Crippen MR) is 123 cm³/mol. The van der Waals surface area contributed by atoms with Gasteiger partial charge in [-0.15, -0.1) is 0 Å². The fraction of sp³-hybridized carbons (Fsp3) is 0.160. The van der Waals surface area contributed by atoms with Crippen molar-refractivity contribution in [2.24, 2.45) is 5.10 Å². The predicted octanol–water partition coefficient (Wildman–Crippen LogP) is 4.68. The zero-order valence-corrected chi connectivity index (χ0v) is 17.6. The van der Waals surface area contributed by atoms with Crippen molar-refractivity contribution in [2.75, 3.05) is 12.0 Å². The minimum absolute atomic E-state index is 0.0316. The fourth-order valence-corrected chi connectivity index (χ4v) is 3.04. The van der Waals surface area contributed by atoms with Gasteiger partial charge in [0.2, 0.25) is 11.8 Å². The van der Waals surface area contributed by atoms with E-state index in [1.165, 1.54) is 0 Å². The monoisotopic (exact) mass is 415 g/mol. The molecule has 0 aliphatic heterocycles. The highest BCUT2D eigenvalue weighted by Gasteiger charge is 2.18. The van der Waals surface area contributed by atoms with Crippen molar-refractivity contribution >= 4 is 28.9 Å². The second kappa shape index (κ2) is 10.7. The summed E-state index contributed by atoms with van der Waals surface area (Å²) in [7, 11) is 1.60. The third-order valence-corrected chi connectivity index (χ3v) is 4.68. The number of para-hydroxylation sites is 2. The van der Waals surface area contributed by atoms with E-state index in [9.17, 15) is 9.59 Å². The van der Waals surface area contributed by atoms with Crippen LogP contribution in [0.4, 0.5) is 11.4 Å². The van der Waals surface area contributed by atoms with Crippen LogP contribution in [0.2, 0.25) is 0 Å². The molecular weight excluding hydrogens is 390 g/mol. The molecule has 0 aromatic heterocycles. The van der Waals surface area contributed by atoms with E-state index < -0.39 is 0 Å². The van der Waals surface area contributed by atoms with Gasteiger partial charge in [0.15, 0.2) is 0 Å². The van der Waals surface area contributed by atoms with E-state index in [0.29, 0.717) is 11.5 Å². The highest BCUT2D eigenvalue weighted by atomic mass is 16.5. The fourth-order valence-electron chi connectivity index (χ4n) is 3.04. The highest BCUT2D eigenvalue weighted by Crippen LogP contribution is 2.26. The van der Waals surface area contributed by atoms with Crippen LogP contribution in [0.15, 0.2) is 90.0 Å². The average molecular weight is 415 g/mol. The molecule has 3 aromatic carbocycles. The van der Waals surface area contributed by atoms with Crippen LogP contribution >= 0.6 is 0 Å². The number of carbonyl (C=O) groups is 2. The maximum Gasteiger partial charge on any atom is 0.240 e. The third kappa shape index (κ3) is 6.02. The molecular formula is C25H25N3O3. The molecule has 0 saturated carbocycles. The summed E-state index contributed by atoms with van der Waals surface area (Å²) in [5.74, 6) is 0.226. The lowest BCUT2D eigenvalue weighted by Crippen LogP contribution is -2.28. The number of methoxy groups -OCH3 is 1. The minimum Gasteiger partial charge on any atom is -0.497 e. The van der Waals surface area contributed by atoms with Gasteiger partial charge in [0, 0.05) is 29.8 Å². The largest absolute Gasteiger partial charge is 0.497 e. The first-order chi connectivity index (χ1) is 15.1. The van der Waals surface area contributed by atoms with Crippen LogP contribution in [0.5, 0.6) is 5.75 Å². The molecule has 0 aliphatic rings. The molecule has 6 heteroatoms. The Morgan fingerprint density at radius 3 is 2.06 bits per heavy atom. The van der Waals surface area contributed by atoms with E-state index in [-0.39, 0.29) is 24.7 Å². The van der Waals surface area contributed by atoms with Crippen LogP contribution < -0.4 is 15.1 Å². The number of rotatable bonds is 8. The Morgan fingerprint density at radius 1 is 0.871 bits per heavy atom. The Kier molecular flexibility index (Phi) is 7.54. The molecule has 0 radical (unpaired) electrons. The zero-order chi connectivity index (χ0) is 22.1. The van der Waals surface area contributed by atoms with Crippen LogP contribution in [-0.2, 0) is 9.59 Å². The summed E-state index contributed by atoms with van der Waals surface area (Å²) in [6, 6.07) is 26.2. The van der Waals surface area contributed by atoms with Gasteiger partial charge in [0.25, 0.3) is 0 Å². The topological polar surface area (TPSA) is 71.0 Å². The first kappa shape index (κ1) is 21.8. The van der Waals surface area contributed by atoms with Gasteiger partial charge >= 0.3 is 0 Å². The minimum atomic E-state index is -0.323. The van der Waals surface area contributed by atoms with Gasteiger partial charge in [0.1, 0.15) is 5.75 Å². The third-order valence-electron chi connectivity index (χ3n) is 4.68. The molecule has 158 valence electrons. The van der Waals surface area contributed by atoms with Crippen molar-refractivity contribution in [1.29, 1.82) is 0 Å². The molecule has 0 saturated heterocycles. The Labute approximate surface area is 182 Å².